The molecule has 534 valence electrons. The summed E-state index contributed by atoms with van der Waals surface area (Å²) in [5.41, 5.74) is 0. The largest absolute Gasteiger partial charge is 0.477 e. The number of nitrogens with one attached hydrogen (secondary N) is 2. The SMILES string of the molecule is CCCCCCCCCCCCCC/C=C\CCCCCCCCCCCCC(=O)NC(COC1OC(CO)C(OC2OC(CO)C(O)C(OC3(C(=O)O)CC(O)C(NC(C)=O)C(C(O)C(O)CO)O3)C2O)C(O)C1O)C(O)CCCCCCCCCCCCC. The smallest absolute Gasteiger partial charge is 0.364 e. The van der Waals surface area contributed by atoms with Gasteiger partial charge in [0.1, 0.15) is 67.1 Å². The second kappa shape index (κ2) is 49.1. The molecular formula is C68H126N2O21. The molecule has 0 aromatic rings. The van der Waals surface area contributed by atoms with Gasteiger partial charge in [-0.25, -0.2) is 4.79 Å². The van der Waals surface area contributed by atoms with Gasteiger partial charge < -0.3 is 100 Å². The third-order valence-electron chi connectivity index (χ3n) is 18.2. The van der Waals surface area contributed by atoms with E-state index >= 15 is 0 Å². The van der Waals surface area contributed by atoms with E-state index in [9.17, 15) is 75.7 Å². The van der Waals surface area contributed by atoms with Crippen LogP contribution < -0.4 is 10.6 Å². The van der Waals surface area contributed by atoms with Crippen LogP contribution in [0.5, 0.6) is 0 Å². The number of carboxylic acid groups (broad SMARTS) is 1. The van der Waals surface area contributed by atoms with E-state index in [1.54, 1.807) is 0 Å². The van der Waals surface area contributed by atoms with E-state index in [2.05, 4.69) is 36.6 Å². The van der Waals surface area contributed by atoms with Crippen molar-refractivity contribution in [3.05, 3.63) is 12.2 Å². The van der Waals surface area contributed by atoms with Crippen molar-refractivity contribution in [2.24, 2.45) is 0 Å². The van der Waals surface area contributed by atoms with Crippen molar-refractivity contribution >= 4 is 17.8 Å². The molecule has 0 bridgehead atoms. The number of aliphatic carboxylic acids is 1. The van der Waals surface area contributed by atoms with Crippen molar-refractivity contribution in [3.63, 3.8) is 0 Å². The van der Waals surface area contributed by atoms with E-state index in [1.807, 2.05) is 0 Å². The van der Waals surface area contributed by atoms with Gasteiger partial charge in [0, 0.05) is 19.8 Å². The summed E-state index contributed by atoms with van der Waals surface area (Å²) >= 11 is 0. The number of hydrogen-bond acceptors (Lipinski definition) is 20. The van der Waals surface area contributed by atoms with E-state index in [-0.39, 0.29) is 18.9 Å². The summed E-state index contributed by atoms with van der Waals surface area (Å²) in [7, 11) is 0. The predicted octanol–water partition coefficient (Wildman–Crippen LogP) is 6.68. The zero-order chi connectivity index (χ0) is 66.8. The molecule has 0 aromatic heterocycles. The molecule has 3 rings (SSSR count). The highest BCUT2D eigenvalue weighted by molar-refractivity contribution is 5.77. The lowest BCUT2D eigenvalue weighted by Crippen LogP contribution is -2.70. The van der Waals surface area contributed by atoms with Gasteiger partial charge in [0.15, 0.2) is 12.6 Å². The van der Waals surface area contributed by atoms with Crippen molar-refractivity contribution in [2.75, 3.05) is 26.4 Å². The maximum Gasteiger partial charge on any atom is 0.364 e. The van der Waals surface area contributed by atoms with Gasteiger partial charge in [0.05, 0.1) is 50.7 Å². The topological polar surface area (TPSA) is 373 Å². The Morgan fingerprint density at radius 1 is 0.560 bits per heavy atom. The van der Waals surface area contributed by atoms with Gasteiger partial charge in [0.25, 0.3) is 5.79 Å². The van der Waals surface area contributed by atoms with Crippen molar-refractivity contribution in [2.45, 2.75) is 375 Å². The minimum absolute atomic E-state index is 0.223. The first-order valence-corrected chi connectivity index (χ1v) is 35.5. The van der Waals surface area contributed by atoms with Gasteiger partial charge in [-0.2, -0.15) is 0 Å². The second-order valence-electron chi connectivity index (χ2n) is 26.1. The maximum absolute atomic E-state index is 13.5. The van der Waals surface area contributed by atoms with Crippen LogP contribution in [0.15, 0.2) is 12.2 Å². The number of aliphatic hydroxyl groups is 11. The zero-order valence-corrected chi connectivity index (χ0v) is 55.7. The first kappa shape index (κ1) is 82.7. The highest BCUT2D eigenvalue weighted by Crippen LogP contribution is 2.39. The molecule has 3 saturated heterocycles. The number of aliphatic hydroxyl groups excluding tert-OH is 11. The van der Waals surface area contributed by atoms with Crippen molar-refractivity contribution in [1.82, 2.24) is 10.6 Å². The third kappa shape index (κ3) is 31.5. The van der Waals surface area contributed by atoms with Gasteiger partial charge in [0.2, 0.25) is 11.8 Å². The van der Waals surface area contributed by atoms with Crippen LogP contribution in [-0.2, 0) is 42.8 Å². The molecule has 2 amide bonds. The van der Waals surface area contributed by atoms with Gasteiger partial charge in [-0.15, -0.1) is 0 Å². The molecular weight excluding hydrogens is 1180 g/mol. The molecule has 3 aliphatic heterocycles. The monoisotopic (exact) mass is 1310 g/mol. The molecule has 0 aliphatic carbocycles. The summed E-state index contributed by atoms with van der Waals surface area (Å²) in [5, 5.41) is 136. The Morgan fingerprint density at radius 2 is 1.02 bits per heavy atom. The maximum atomic E-state index is 13.5. The van der Waals surface area contributed by atoms with Crippen molar-refractivity contribution < 1.29 is 104 Å². The highest BCUT2D eigenvalue weighted by Gasteiger charge is 2.60. The standard InChI is InChI=1S/C68H126N2O21/c1-4-6-8-10-12-14-16-17-18-19-20-21-22-23-24-25-26-27-28-29-30-32-34-36-38-40-42-55(78)70-49(50(75)41-39-37-35-33-31-15-13-11-9-7-5-2)47-86-65-60(82)59(81)62(54(46-73)88-65)89-66-61(83)64(58(80)53(45-72)87-66)91-68(67(84)85)43-51(76)56(69-48(3)74)63(90-68)57(79)52(77)44-71/h23-24,49-54,56-66,71-73,75-77,79-83H,4-22,25-47H2,1-3H3,(H,69,74)(H,70,78)(H,84,85)/b24-23-. The summed E-state index contributed by atoms with van der Waals surface area (Å²) in [4.78, 5) is 38.5. The lowest BCUT2D eigenvalue weighted by molar-refractivity contribution is -0.386. The minimum Gasteiger partial charge on any atom is -0.477 e. The minimum atomic E-state index is -3.08. The van der Waals surface area contributed by atoms with E-state index in [4.69, 9.17) is 28.4 Å². The molecule has 18 atom stereocenters. The predicted molar refractivity (Wildman–Crippen MR) is 343 cm³/mol. The molecule has 14 N–H and O–H groups in total. The Balaban J connectivity index is 1.52. The van der Waals surface area contributed by atoms with Crippen molar-refractivity contribution in [3.8, 4) is 0 Å². The van der Waals surface area contributed by atoms with Crippen LogP contribution in [0.25, 0.3) is 0 Å². The Morgan fingerprint density at radius 3 is 1.48 bits per heavy atom. The molecule has 0 radical (unpaired) electrons. The Kier molecular flexibility index (Phi) is 44.6. The number of carboxylic acids is 1. The van der Waals surface area contributed by atoms with E-state index in [0.29, 0.717) is 19.3 Å². The quantitative estimate of drug-likeness (QED) is 0.0223. The first-order chi connectivity index (χ1) is 43.9. The number of carbonyl (C=O) groups is 3. The fourth-order valence-corrected chi connectivity index (χ4v) is 12.5. The van der Waals surface area contributed by atoms with E-state index in [0.717, 1.165) is 64.7 Å². The molecule has 3 heterocycles. The second-order valence-corrected chi connectivity index (χ2v) is 26.1. The Labute approximate surface area is 543 Å². The van der Waals surface area contributed by atoms with Crippen LogP contribution in [0.2, 0.25) is 0 Å². The Bertz CT molecular complexity index is 1890. The van der Waals surface area contributed by atoms with Gasteiger partial charge in [-0.3, -0.25) is 9.59 Å². The number of rotatable bonds is 54. The van der Waals surface area contributed by atoms with Crippen LogP contribution in [-0.4, -0.2) is 215 Å². The molecule has 0 aromatic carbocycles. The van der Waals surface area contributed by atoms with Crippen LogP contribution in [0.1, 0.15) is 265 Å². The lowest BCUT2D eigenvalue weighted by Gasteiger charge is -2.50. The average molecular weight is 1310 g/mol. The molecule has 91 heavy (non-hydrogen) atoms. The lowest BCUT2D eigenvalue weighted by atomic mass is 9.88. The fraction of sp³-hybridized carbons (Fsp3) is 0.926. The number of allylic oxidation sites excluding steroid dienone is 2. The normalized spacial score (nSPS) is 28.4. The summed E-state index contributed by atoms with van der Waals surface area (Å²) in [6.45, 7) is 2.19. The fourth-order valence-electron chi connectivity index (χ4n) is 12.5. The van der Waals surface area contributed by atoms with Crippen LogP contribution >= 0.6 is 0 Å². The zero-order valence-electron chi connectivity index (χ0n) is 55.7. The van der Waals surface area contributed by atoms with Gasteiger partial charge in [-0.05, 0) is 38.5 Å². The number of amides is 2. The van der Waals surface area contributed by atoms with Crippen LogP contribution in [0.3, 0.4) is 0 Å². The summed E-state index contributed by atoms with van der Waals surface area (Å²) in [6.07, 6.45) is 18.1. The first-order valence-electron chi connectivity index (χ1n) is 35.5. The summed E-state index contributed by atoms with van der Waals surface area (Å²) < 4.78 is 34.8. The highest BCUT2D eigenvalue weighted by atomic mass is 16.8. The molecule has 23 nitrogen and oxygen atoms in total. The number of hydrogen-bond donors (Lipinski definition) is 14. The van der Waals surface area contributed by atoms with Crippen molar-refractivity contribution in [1.29, 1.82) is 0 Å². The molecule has 0 saturated carbocycles. The molecule has 0 spiro atoms. The van der Waals surface area contributed by atoms with Gasteiger partial charge >= 0.3 is 5.97 Å². The number of unbranched alkanes of at least 4 members (excludes halogenated alkanes) is 32. The van der Waals surface area contributed by atoms with E-state index in [1.165, 1.54) is 154 Å². The average Bonchev–Trinajstić information content (AvgIpc) is 0.776. The molecule has 18 unspecified atom stereocenters. The van der Waals surface area contributed by atoms with Gasteiger partial charge in [-0.1, -0.05) is 219 Å². The molecule has 23 heteroatoms. The van der Waals surface area contributed by atoms with Crippen LogP contribution in [0.4, 0.5) is 0 Å². The summed E-state index contributed by atoms with van der Waals surface area (Å²) in [6, 6.07) is -2.53. The molecule has 3 fully saturated rings. The number of carbonyl (C=O) groups excluding carboxylic acids is 2. The van der Waals surface area contributed by atoms with E-state index < -0.39 is 148 Å². The molecule has 3 aliphatic rings. The summed E-state index contributed by atoms with van der Waals surface area (Å²) in [5.74, 6) is -6.10. The number of ether oxygens (including phenoxy) is 6. The third-order valence-corrected chi connectivity index (χ3v) is 18.2. The van der Waals surface area contributed by atoms with Crippen LogP contribution in [0, 0.1) is 0 Å². The Hall–Kier alpha value is -2.53.